The largest absolute Gasteiger partial charge is 0.473 e. The molecular weight excluding hydrogens is 404 g/mol. The molecular formula is C21H27ClN6O2. The highest BCUT2D eigenvalue weighted by Crippen LogP contribution is 2.24. The predicted molar refractivity (Wildman–Crippen MR) is 114 cm³/mol. The maximum absolute atomic E-state index is 13.0. The van der Waals surface area contributed by atoms with E-state index in [4.69, 9.17) is 22.1 Å². The number of aromatic nitrogens is 3. The van der Waals surface area contributed by atoms with Gasteiger partial charge in [-0.1, -0.05) is 11.6 Å². The zero-order chi connectivity index (χ0) is 20.9. The standard InChI is InChI=1S/C21H27ClN6O2/c22-18-12-24-13-20(26-18)30-17-4-9-28(10-5-17)21(29)16-2-7-27(8-3-16)14-15-1-6-25-19(23)11-15/h1,6,11-13,16-17H,2-5,7-10,14H2,(H2,23,25). The van der Waals surface area contributed by atoms with Gasteiger partial charge in [0, 0.05) is 44.6 Å². The maximum Gasteiger partial charge on any atom is 0.234 e. The number of carbonyl (C=O) groups excluding carboxylic acids is 1. The maximum atomic E-state index is 13.0. The van der Waals surface area contributed by atoms with Crippen molar-refractivity contribution in [2.45, 2.75) is 38.3 Å². The quantitative estimate of drug-likeness (QED) is 0.777. The van der Waals surface area contributed by atoms with Crippen LogP contribution >= 0.6 is 11.6 Å². The second-order valence-electron chi connectivity index (χ2n) is 7.96. The summed E-state index contributed by atoms with van der Waals surface area (Å²) in [6.45, 7) is 4.13. The third kappa shape index (κ3) is 5.37. The first-order valence-corrected chi connectivity index (χ1v) is 10.8. The fourth-order valence-electron chi connectivity index (χ4n) is 4.19. The smallest absolute Gasteiger partial charge is 0.234 e. The van der Waals surface area contributed by atoms with Gasteiger partial charge in [0.05, 0.1) is 12.4 Å². The number of nitrogen functional groups attached to an aromatic ring is 1. The molecule has 0 radical (unpaired) electrons. The number of halogens is 1. The molecule has 4 heterocycles. The molecule has 9 heteroatoms. The summed E-state index contributed by atoms with van der Waals surface area (Å²) in [4.78, 5) is 29.5. The van der Waals surface area contributed by atoms with Crippen LogP contribution in [0, 0.1) is 5.92 Å². The monoisotopic (exact) mass is 430 g/mol. The fraction of sp³-hybridized carbons (Fsp3) is 0.524. The van der Waals surface area contributed by atoms with Crippen LogP contribution in [0.25, 0.3) is 0 Å². The fourth-order valence-corrected chi connectivity index (χ4v) is 4.33. The number of nitrogens with two attached hydrogens (primary N) is 1. The van der Waals surface area contributed by atoms with E-state index in [1.165, 1.54) is 11.8 Å². The van der Waals surface area contributed by atoms with Crippen molar-refractivity contribution < 1.29 is 9.53 Å². The molecule has 0 atom stereocenters. The first-order chi connectivity index (χ1) is 14.6. The zero-order valence-electron chi connectivity index (χ0n) is 16.9. The van der Waals surface area contributed by atoms with Crippen LogP contribution in [0.5, 0.6) is 5.88 Å². The van der Waals surface area contributed by atoms with Gasteiger partial charge < -0.3 is 15.4 Å². The number of hydrogen-bond donors (Lipinski definition) is 1. The molecule has 2 aromatic heterocycles. The molecule has 2 saturated heterocycles. The van der Waals surface area contributed by atoms with E-state index in [2.05, 4.69) is 19.9 Å². The summed E-state index contributed by atoms with van der Waals surface area (Å²) in [5.74, 6) is 1.38. The van der Waals surface area contributed by atoms with Gasteiger partial charge in [-0.3, -0.25) is 14.7 Å². The molecule has 2 N–H and O–H groups in total. The molecule has 0 aliphatic carbocycles. The third-order valence-corrected chi connectivity index (χ3v) is 5.99. The Hall–Kier alpha value is -2.45. The summed E-state index contributed by atoms with van der Waals surface area (Å²) in [7, 11) is 0. The number of anilines is 1. The third-order valence-electron chi connectivity index (χ3n) is 5.81. The molecule has 0 aromatic carbocycles. The Kier molecular flexibility index (Phi) is 6.64. The van der Waals surface area contributed by atoms with Crippen molar-refractivity contribution in [3.05, 3.63) is 41.4 Å². The molecule has 2 fully saturated rings. The number of rotatable bonds is 5. The Balaban J connectivity index is 1.21. The lowest BCUT2D eigenvalue weighted by Gasteiger charge is -2.37. The number of nitrogens with zero attached hydrogens (tertiary/aromatic N) is 5. The summed E-state index contributed by atoms with van der Waals surface area (Å²) in [5, 5.41) is 0.318. The molecule has 4 rings (SSSR count). The van der Waals surface area contributed by atoms with E-state index >= 15 is 0 Å². The van der Waals surface area contributed by atoms with Crippen LogP contribution in [0.2, 0.25) is 5.15 Å². The Bertz CT molecular complexity index is 797. The average Bonchev–Trinajstić information content (AvgIpc) is 2.74. The number of amides is 1. The van der Waals surface area contributed by atoms with E-state index in [9.17, 15) is 4.79 Å². The molecule has 0 spiro atoms. The summed E-state index contributed by atoms with van der Waals surface area (Å²) in [6.07, 6.45) is 8.21. The van der Waals surface area contributed by atoms with Crippen LogP contribution in [0.15, 0.2) is 30.7 Å². The normalized spacial score (nSPS) is 19.0. The van der Waals surface area contributed by atoms with Gasteiger partial charge in [0.1, 0.15) is 11.9 Å². The van der Waals surface area contributed by atoms with Crippen LogP contribution in [0.3, 0.4) is 0 Å². The van der Waals surface area contributed by atoms with Gasteiger partial charge in [-0.15, -0.1) is 0 Å². The van der Waals surface area contributed by atoms with Gasteiger partial charge >= 0.3 is 0 Å². The second kappa shape index (κ2) is 9.57. The molecule has 2 aliphatic heterocycles. The Morgan fingerprint density at radius 1 is 1.17 bits per heavy atom. The van der Waals surface area contributed by atoms with Gasteiger partial charge in [-0.25, -0.2) is 4.98 Å². The molecule has 1 amide bonds. The van der Waals surface area contributed by atoms with Gasteiger partial charge in [0.2, 0.25) is 11.8 Å². The van der Waals surface area contributed by atoms with Crippen LogP contribution in [-0.2, 0) is 11.3 Å². The van der Waals surface area contributed by atoms with Crippen molar-refractivity contribution in [3.8, 4) is 5.88 Å². The summed E-state index contributed by atoms with van der Waals surface area (Å²) in [6, 6.07) is 3.91. The highest BCUT2D eigenvalue weighted by molar-refractivity contribution is 6.29. The van der Waals surface area contributed by atoms with Gasteiger partial charge in [-0.2, -0.15) is 4.98 Å². The molecule has 2 aromatic rings. The Labute approximate surface area is 181 Å². The van der Waals surface area contributed by atoms with Crippen molar-refractivity contribution in [2.24, 2.45) is 5.92 Å². The number of carbonyl (C=O) groups is 1. The highest BCUT2D eigenvalue weighted by atomic mass is 35.5. The van der Waals surface area contributed by atoms with E-state index in [-0.39, 0.29) is 17.9 Å². The summed E-state index contributed by atoms with van der Waals surface area (Å²) in [5.41, 5.74) is 6.93. The lowest BCUT2D eigenvalue weighted by Crippen LogP contribution is -2.47. The van der Waals surface area contributed by atoms with E-state index < -0.39 is 0 Å². The van der Waals surface area contributed by atoms with E-state index in [0.29, 0.717) is 29.9 Å². The number of hydrogen-bond acceptors (Lipinski definition) is 7. The second-order valence-corrected chi connectivity index (χ2v) is 8.35. The molecule has 160 valence electrons. The highest BCUT2D eigenvalue weighted by Gasteiger charge is 2.31. The first kappa shape index (κ1) is 20.8. The first-order valence-electron chi connectivity index (χ1n) is 10.4. The van der Waals surface area contributed by atoms with Crippen molar-refractivity contribution >= 4 is 23.3 Å². The van der Waals surface area contributed by atoms with Crippen LogP contribution < -0.4 is 10.5 Å². The van der Waals surface area contributed by atoms with E-state index in [1.54, 1.807) is 12.4 Å². The van der Waals surface area contributed by atoms with Gasteiger partial charge in [0.25, 0.3) is 0 Å². The zero-order valence-corrected chi connectivity index (χ0v) is 17.7. The Morgan fingerprint density at radius 2 is 1.93 bits per heavy atom. The van der Waals surface area contributed by atoms with Crippen molar-refractivity contribution in [3.63, 3.8) is 0 Å². The van der Waals surface area contributed by atoms with Crippen molar-refractivity contribution in [1.29, 1.82) is 0 Å². The van der Waals surface area contributed by atoms with Gasteiger partial charge in [0.15, 0.2) is 5.15 Å². The Morgan fingerprint density at radius 3 is 2.63 bits per heavy atom. The molecule has 0 saturated carbocycles. The topological polar surface area (TPSA) is 97.5 Å². The van der Waals surface area contributed by atoms with Gasteiger partial charge in [-0.05, 0) is 43.6 Å². The van der Waals surface area contributed by atoms with Crippen LogP contribution in [0.4, 0.5) is 5.82 Å². The van der Waals surface area contributed by atoms with Crippen LogP contribution in [0.1, 0.15) is 31.2 Å². The molecule has 0 unspecified atom stereocenters. The number of likely N-dealkylation sites (tertiary alicyclic amines) is 2. The number of ether oxygens (including phenoxy) is 1. The average molecular weight is 431 g/mol. The van der Waals surface area contributed by atoms with E-state index in [0.717, 1.165) is 45.3 Å². The molecule has 8 nitrogen and oxygen atoms in total. The lowest BCUT2D eigenvalue weighted by molar-refractivity contribution is -0.139. The molecule has 30 heavy (non-hydrogen) atoms. The molecule has 0 bridgehead atoms. The minimum absolute atomic E-state index is 0.0384. The predicted octanol–water partition coefficient (Wildman–Crippen LogP) is 2.39. The number of piperidine rings is 2. The SMILES string of the molecule is Nc1cc(CN2CCC(C(=O)N3CCC(Oc4cncc(Cl)n4)CC3)CC2)ccn1. The summed E-state index contributed by atoms with van der Waals surface area (Å²) < 4.78 is 5.87. The molecule has 2 aliphatic rings. The van der Waals surface area contributed by atoms with Crippen molar-refractivity contribution in [2.75, 3.05) is 31.9 Å². The lowest BCUT2D eigenvalue weighted by atomic mass is 9.94. The van der Waals surface area contributed by atoms with E-state index in [1.807, 2.05) is 17.0 Å². The number of pyridine rings is 1. The van der Waals surface area contributed by atoms with Crippen molar-refractivity contribution in [1.82, 2.24) is 24.8 Å². The minimum Gasteiger partial charge on any atom is -0.473 e. The summed E-state index contributed by atoms with van der Waals surface area (Å²) >= 11 is 5.86. The minimum atomic E-state index is 0.0384. The van der Waals surface area contributed by atoms with Crippen LogP contribution in [-0.4, -0.2) is 62.9 Å².